The van der Waals surface area contributed by atoms with Crippen LogP contribution in [-0.4, -0.2) is 47.3 Å². The van der Waals surface area contributed by atoms with Gasteiger partial charge in [-0.1, -0.05) is 0 Å². The van der Waals surface area contributed by atoms with E-state index in [2.05, 4.69) is 0 Å². The topological polar surface area (TPSA) is 73.4 Å². The molecular weight excluding hydrogens is 168 g/mol. The first-order chi connectivity index (χ1) is 6.06. The molecule has 0 aromatic carbocycles. The Morgan fingerprint density at radius 1 is 1.46 bits per heavy atom. The van der Waals surface area contributed by atoms with Crippen molar-refractivity contribution in [2.75, 3.05) is 13.1 Å². The molecule has 0 bridgehead atoms. The first-order valence-electron chi connectivity index (χ1n) is 4.38. The van der Waals surface area contributed by atoms with Crippen LogP contribution in [-0.2, 0) is 4.79 Å². The van der Waals surface area contributed by atoms with Gasteiger partial charge in [-0.3, -0.25) is 10.2 Å². The van der Waals surface area contributed by atoms with E-state index >= 15 is 0 Å². The van der Waals surface area contributed by atoms with Gasteiger partial charge in [0.15, 0.2) is 5.96 Å². The van der Waals surface area contributed by atoms with Crippen molar-refractivity contribution in [2.45, 2.75) is 25.9 Å². The number of hydrogen-bond acceptors (Lipinski definition) is 2. The second-order valence-electron chi connectivity index (χ2n) is 3.55. The van der Waals surface area contributed by atoms with Crippen LogP contribution < -0.4 is 5.73 Å². The molecule has 74 valence electrons. The Balaban J connectivity index is 2.69. The lowest BCUT2D eigenvalue weighted by atomic mass is 10.1. The summed E-state index contributed by atoms with van der Waals surface area (Å²) in [6.45, 7) is 5.22. The minimum Gasteiger partial charge on any atom is -0.370 e. The highest BCUT2D eigenvalue weighted by Gasteiger charge is 2.29. The predicted molar refractivity (Wildman–Crippen MR) is 50.3 cm³/mol. The Hall–Kier alpha value is -1.26. The highest BCUT2D eigenvalue weighted by molar-refractivity contribution is 5.75. The van der Waals surface area contributed by atoms with Gasteiger partial charge >= 0.3 is 0 Å². The molecule has 1 saturated heterocycles. The van der Waals surface area contributed by atoms with E-state index in [1.807, 2.05) is 18.7 Å². The average Bonchev–Trinajstić information content (AvgIpc) is 2.02. The number of guanidine groups is 1. The largest absolute Gasteiger partial charge is 0.370 e. The molecule has 13 heavy (non-hydrogen) atoms. The molecule has 0 radical (unpaired) electrons. The lowest BCUT2D eigenvalue weighted by Gasteiger charge is -2.43. The third kappa shape index (κ3) is 1.91. The maximum Gasteiger partial charge on any atom is 0.209 e. The van der Waals surface area contributed by atoms with Gasteiger partial charge in [0.1, 0.15) is 0 Å². The maximum absolute atomic E-state index is 10.6. The van der Waals surface area contributed by atoms with Crippen LogP contribution in [0.15, 0.2) is 0 Å². The molecule has 2 atom stereocenters. The van der Waals surface area contributed by atoms with Crippen LogP contribution in [0.5, 0.6) is 0 Å². The van der Waals surface area contributed by atoms with Gasteiger partial charge in [0, 0.05) is 25.2 Å². The summed E-state index contributed by atoms with van der Waals surface area (Å²) in [5.74, 6) is 0.0885. The third-order valence-corrected chi connectivity index (χ3v) is 2.37. The third-order valence-electron chi connectivity index (χ3n) is 2.37. The summed E-state index contributed by atoms with van der Waals surface area (Å²) >= 11 is 0. The fourth-order valence-corrected chi connectivity index (χ4v) is 1.92. The fourth-order valence-electron chi connectivity index (χ4n) is 1.92. The molecule has 0 aromatic heterocycles. The Morgan fingerprint density at radius 3 is 2.23 bits per heavy atom. The highest BCUT2D eigenvalue weighted by atomic mass is 16.1. The number of carbonyl (C=O) groups is 1. The van der Waals surface area contributed by atoms with E-state index in [1.54, 1.807) is 4.90 Å². The van der Waals surface area contributed by atoms with Crippen LogP contribution in [0.3, 0.4) is 0 Å². The van der Waals surface area contributed by atoms with Crippen LogP contribution in [0.25, 0.3) is 0 Å². The number of nitrogens with one attached hydrogen (secondary N) is 1. The first-order valence-corrected chi connectivity index (χ1v) is 4.38. The number of rotatable bonds is 1. The standard InChI is InChI=1S/C8H16N4O/c1-6-3-11(5-13)4-7(2)12(6)8(9)10/h5-7H,3-4H2,1-2H3,(H3,9,10). The van der Waals surface area contributed by atoms with E-state index in [4.69, 9.17) is 11.1 Å². The highest BCUT2D eigenvalue weighted by Crippen LogP contribution is 2.13. The van der Waals surface area contributed by atoms with Crippen LogP contribution in [0.2, 0.25) is 0 Å². The van der Waals surface area contributed by atoms with Gasteiger partial charge in [-0.2, -0.15) is 0 Å². The minimum absolute atomic E-state index is 0.0885. The van der Waals surface area contributed by atoms with Crippen molar-refractivity contribution in [3.63, 3.8) is 0 Å². The molecule has 2 unspecified atom stereocenters. The Kier molecular flexibility index (Phi) is 2.75. The van der Waals surface area contributed by atoms with Crippen molar-refractivity contribution in [1.29, 1.82) is 5.41 Å². The van der Waals surface area contributed by atoms with E-state index in [9.17, 15) is 4.79 Å². The molecule has 0 saturated carbocycles. The molecule has 1 rings (SSSR count). The zero-order valence-electron chi connectivity index (χ0n) is 8.03. The molecule has 1 aliphatic rings. The van der Waals surface area contributed by atoms with Gasteiger partial charge in [-0.25, -0.2) is 0 Å². The lowest BCUT2D eigenvalue weighted by Crippen LogP contribution is -2.59. The van der Waals surface area contributed by atoms with Gasteiger partial charge < -0.3 is 15.5 Å². The number of nitrogens with two attached hydrogens (primary N) is 1. The summed E-state index contributed by atoms with van der Waals surface area (Å²) in [4.78, 5) is 14.1. The van der Waals surface area contributed by atoms with Crippen LogP contribution in [0, 0.1) is 5.41 Å². The van der Waals surface area contributed by atoms with Crippen molar-refractivity contribution in [1.82, 2.24) is 9.80 Å². The van der Waals surface area contributed by atoms with Crippen molar-refractivity contribution in [2.24, 2.45) is 5.73 Å². The SMILES string of the molecule is CC1CN(C=O)CC(C)N1C(=N)N. The summed E-state index contributed by atoms with van der Waals surface area (Å²) < 4.78 is 0. The summed E-state index contributed by atoms with van der Waals surface area (Å²) in [7, 11) is 0. The van der Waals surface area contributed by atoms with Crippen LogP contribution >= 0.6 is 0 Å². The molecule has 0 spiro atoms. The van der Waals surface area contributed by atoms with E-state index < -0.39 is 0 Å². The number of hydrogen-bond donors (Lipinski definition) is 2. The quantitative estimate of drug-likeness (QED) is 0.325. The molecule has 1 aliphatic heterocycles. The number of amides is 1. The molecule has 0 aromatic rings. The van der Waals surface area contributed by atoms with Crippen molar-refractivity contribution < 1.29 is 4.79 Å². The normalized spacial score (nSPS) is 28.8. The van der Waals surface area contributed by atoms with E-state index in [1.165, 1.54) is 0 Å². The minimum atomic E-state index is 0.0885. The first kappa shape index (κ1) is 9.83. The Labute approximate surface area is 78.0 Å². The summed E-state index contributed by atoms with van der Waals surface area (Å²) in [5, 5.41) is 7.37. The summed E-state index contributed by atoms with van der Waals surface area (Å²) in [6.07, 6.45) is 0.852. The molecular formula is C8H16N4O. The predicted octanol–water partition coefficient (Wildman–Crippen LogP) is -0.569. The number of piperazine rings is 1. The van der Waals surface area contributed by atoms with E-state index in [-0.39, 0.29) is 18.0 Å². The molecule has 0 aliphatic carbocycles. The number of carbonyl (C=O) groups excluding carboxylic acids is 1. The summed E-state index contributed by atoms with van der Waals surface area (Å²) in [5.41, 5.74) is 5.44. The van der Waals surface area contributed by atoms with Gasteiger partial charge in [0.05, 0.1) is 0 Å². The van der Waals surface area contributed by atoms with Crippen LogP contribution in [0.1, 0.15) is 13.8 Å². The molecule has 1 amide bonds. The zero-order valence-corrected chi connectivity index (χ0v) is 8.03. The van der Waals surface area contributed by atoms with E-state index in [0.29, 0.717) is 13.1 Å². The molecule has 5 nitrogen and oxygen atoms in total. The summed E-state index contributed by atoms with van der Waals surface area (Å²) in [6, 6.07) is 0.262. The second kappa shape index (κ2) is 3.64. The van der Waals surface area contributed by atoms with Crippen molar-refractivity contribution >= 4 is 12.4 Å². The Bertz CT molecular complexity index is 206. The molecule has 5 heteroatoms. The molecule has 1 heterocycles. The maximum atomic E-state index is 10.6. The smallest absolute Gasteiger partial charge is 0.209 e. The van der Waals surface area contributed by atoms with Gasteiger partial charge in [0.25, 0.3) is 0 Å². The van der Waals surface area contributed by atoms with Gasteiger partial charge in [0.2, 0.25) is 6.41 Å². The average molecular weight is 184 g/mol. The molecule has 1 fully saturated rings. The second-order valence-corrected chi connectivity index (χ2v) is 3.55. The van der Waals surface area contributed by atoms with Gasteiger partial charge in [-0.05, 0) is 13.8 Å². The number of nitrogens with zero attached hydrogens (tertiary/aromatic N) is 2. The zero-order chi connectivity index (χ0) is 10.0. The monoisotopic (exact) mass is 184 g/mol. The van der Waals surface area contributed by atoms with Crippen LogP contribution in [0.4, 0.5) is 0 Å². The lowest BCUT2D eigenvalue weighted by molar-refractivity contribution is -0.121. The van der Waals surface area contributed by atoms with Crippen molar-refractivity contribution in [3.05, 3.63) is 0 Å². The van der Waals surface area contributed by atoms with Gasteiger partial charge in [-0.15, -0.1) is 0 Å². The van der Waals surface area contributed by atoms with Crippen molar-refractivity contribution in [3.8, 4) is 0 Å². The molecule has 3 N–H and O–H groups in total. The van der Waals surface area contributed by atoms with E-state index in [0.717, 1.165) is 6.41 Å². The Morgan fingerprint density at radius 2 is 1.92 bits per heavy atom. The fraction of sp³-hybridized carbons (Fsp3) is 0.750.